The summed E-state index contributed by atoms with van der Waals surface area (Å²) in [6, 6.07) is 76.1. The summed E-state index contributed by atoms with van der Waals surface area (Å²) in [5.41, 5.74) is 8.64. The third-order valence-electron chi connectivity index (χ3n) is 9.92. The van der Waals surface area contributed by atoms with Crippen molar-refractivity contribution in [2.24, 2.45) is 0 Å². The van der Waals surface area contributed by atoms with Crippen molar-refractivity contribution in [2.75, 3.05) is 21.3 Å². The zero-order valence-corrected chi connectivity index (χ0v) is 30.8. The fraction of sp³-hybridized carbons (Fsp3) is 0. The number of nitrogens with one attached hydrogen (secondary N) is 4. The number of hydrogen-bond acceptors (Lipinski definition) is 4. The van der Waals surface area contributed by atoms with Gasteiger partial charge in [-0.3, -0.25) is 0 Å². The van der Waals surface area contributed by atoms with E-state index < -0.39 is 0 Å². The van der Waals surface area contributed by atoms with Crippen LogP contribution in [0.3, 0.4) is 0 Å². The van der Waals surface area contributed by atoms with Crippen LogP contribution in [0.25, 0.3) is 43.1 Å². The average molecular weight is 721 g/mol. The molecule has 10 rings (SSSR count). The Kier molecular flexibility index (Phi) is 9.66. The summed E-state index contributed by atoms with van der Waals surface area (Å²) in [5.74, 6) is 0. The van der Waals surface area contributed by atoms with Crippen molar-refractivity contribution in [2.45, 2.75) is 0 Å². The van der Waals surface area contributed by atoms with E-state index >= 15 is 0 Å². The molecule has 0 amide bonds. The quantitative estimate of drug-likeness (QED) is 0.126. The number of rotatable bonds is 8. The predicted octanol–water partition coefficient (Wildman–Crippen LogP) is 15.0. The molecule has 4 heteroatoms. The standard InChI is InChI=1S/2C26H20N2/c2*1-3-7-21-17-25(11-9-19(21)5-1)27-23-13-15-24(16-14-23)28-26-12-10-20-6-2-4-8-22(20)18-26/h2*1-18,27-28H. The van der Waals surface area contributed by atoms with Crippen molar-refractivity contribution in [1.29, 1.82) is 0 Å². The van der Waals surface area contributed by atoms with Crippen LogP contribution in [-0.2, 0) is 0 Å². The number of fused-ring (bicyclic) bond motifs is 4. The van der Waals surface area contributed by atoms with Gasteiger partial charge in [-0.2, -0.15) is 0 Å². The van der Waals surface area contributed by atoms with Gasteiger partial charge in [-0.25, -0.2) is 0 Å². The topological polar surface area (TPSA) is 48.1 Å². The highest BCUT2D eigenvalue weighted by Crippen LogP contribution is 2.28. The van der Waals surface area contributed by atoms with E-state index in [0.29, 0.717) is 0 Å². The Bertz CT molecular complexity index is 2510. The summed E-state index contributed by atoms with van der Waals surface area (Å²) >= 11 is 0. The highest BCUT2D eigenvalue weighted by atomic mass is 14.9. The van der Waals surface area contributed by atoms with E-state index in [1.54, 1.807) is 0 Å². The molecule has 4 N–H and O–H groups in total. The Morgan fingerprint density at radius 2 is 0.339 bits per heavy atom. The van der Waals surface area contributed by atoms with Gasteiger partial charge >= 0.3 is 0 Å². The monoisotopic (exact) mass is 720 g/mol. The van der Waals surface area contributed by atoms with Gasteiger partial charge in [-0.05, 0) is 140 Å². The summed E-state index contributed by atoms with van der Waals surface area (Å²) in [7, 11) is 0. The Hall–Kier alpha value is -7.56. The SMILES string of the molecule is c1ccc2cc(Nc3ccc(Nc4ccc5ccccc5c4)cc3)ccc2c1.c1ccc2cc(Nc3ccc(Nc4ccc5ccccc5c4)cc3)ccc2c1. The molecule has 10 aromatic carbocycles. The van der Waals surface area contributed by atoms with Crippen LogP contribution in [-0.4, -0.2) is 0 Å². The summed E-state index contributed by atoms with van der Waals surface area (Å²) < 4.78 is 0. The summed E-state index contributed by atoms with van der Waals surface area (Å²) in [4.78, 5) is 0. The molecular weight excluding hydrogens is 681 g/mol. The smallest absolute Gasteiger partial charge is 0.0390 e. The van der Waals surface area contributed by atoms with Crippen molar-refractivity contribution in [1.82, 2.24) is 0 Å². The third-order valence-corrected chi connectivity index (χ3v) is 9.92. The Balaban J connectivity index is 0.000000146. The minimum absolute atomic E-state index is 1.07. The molecule has 0 aliphatic carbocycles. The maximum Gasteiger partial charge on any atom is 0.0390 e. The second-order valence-electron chi connectivity index (χ2n) is 13.9. The van der Waals surface area contributed by atoms with Crippen molar-refractivity contribution in [3.8, 4) is 0 Å². The van der Waals surface area contributed by atoms with Gasteiger partial charge in [0.1, 0.15) is 0 Å². The van der Waals surface area contributed by atoms with Crippen LogP contribution in [0.5, 0.6) is 0 Å². The van der Waals surface area contributed by atoms with E-state index in [-0.39, 0.29) is 0 Å². The average Bonchev–Trinajstić information content (AvgIpc) is 3.25. The number of benzene rings is 10. The van der Waals surface area contributed by atoms with Crippen molar-refractivity contribution < 1.29 is 0 Å². The van der Waals surface area contributed by atoms with Crippen molar-refractivity contribution in [3.05, 3.63) is 218 Å². The van der Waals surface area contributed by atoms with Gasteiger partial charge < -0.3 is 21.3 Å². The Morgan fingerprint density at radius 1 is 0.161 bits per heavy atom. The Labute approximate surface area is 327 Å². The molecule has 0 fully saturated rings. The lowest BCUT2D eigenvalue weighted by molar-refractivity contribution is 1.53. The van der Waals surface area contributed by atoms with Crippen LogP contribution < -0.4 is 21.3 Å². The van der Waals surface area contributed by atoms with Gasteiger partial charge in [-0.1, -0.05) is 121 Å². The van der Waals surface area contributed by atoms with Gasteiger partial charge in [0.2, 0.25) is 0 Å². The molecule has 0 saturated carbocycles. The van der Waals surface area contributed by atoms with Gasteiger partial charge in [0, 0.05) is 45.5 Å². The highest BCUT2D eigenvalue weighted by Gasteiger charge is 2.03. The van der Waals surface area contributed by atoms with Crippen LogP contribution in [0, 0.1) is 0 Å². The fourth-order valence-corrected chi connectivity index (χ4v) is 7.01. The molecule has 0 atom stereocenters. The lowest BCUT2D eigenvalue weighted by Gasteiger charge is -2.11. The van der Waals surface area contributed by atoms with E-state index in [2.05, 4.69) is 240 Å². The molecule has 0 aromatic heterocycles. The zero-order chi connectivity index (χ0) is 37.5. The summed E-state index contributed by atoms with van der Waals surface area (Å²) in [6.07, 6.45) is 0. The number of anilines is 8. The fourth-order valence-electron chi connectivity index (χ4n) is 7.01. The molecule has 0 aliphatic heterocycles. The second-order valence-corrected chi connectivity index (χ2v) is 13.9. The van der Waals surface area contributed by atoms with E-state index in [4.69, 9.17) is 0 Å². The first-order valence-corrected chi connectivity index (χ1v) is 18.9. The molecule has 0 spiro atoms. The van der Waals surface area contributed by atoms with Crippen LogP contribution >= 0.6 is 0 Å². The predicted molar refractivity (Wildman–Crippen MR) is 242 cm³/mol. The third kappa shape index (κ3) is 8.15. The minimum Gasteiger partial charge on any atom is -0.356 e. The molecular formula is C52H40N4. The molecule has 4 nitrogen and oxygen atoms in total. The molecule has 10 aromatic rings. The first-order chi connectivity index (χ1) is 27.7. The maximum atomic E-state index is 3.48. The molecule has 268 valence electrons. The molecule has 0 bridgehead atoms. The van der Waals surface area contributed by atoms with Crippen molar-refractivity contribution >= 4 is 88.6 Å². The Morgan fingerprint density at radius 3 is 0.554 bits per heavy atom. The van der Waals surface area contributed by atoms with Gasteiger partial charge in [0.05, 0.1) is 0 Å². The maximum absolute atomic E-state index is 3.48. The minimum atomic E-state index is 1.07. The van der Waals surface area contributed by atoms with E-state index in [1.165, 1.54) is 43.1 Å². The normalized spacial score (nSPS) is 10.9. The summed E-state index contributed by atoms with van der Waals surface area (Å²) in [6.45, 7) is 0. The van der Waals surface area contributed by atoms with Crippen LogP contribution in [0.1, 0.15) is 0 Å². The molecule has 0 saturated heterocycles. The lowest BCUT2D eigenvalue weighted by atomic mass is 10.1. The second kappa shape index (κ2) is 15.8. The van der Waals surface area contributed by atoms with E-state index in [1.807, 2.05) is 0 Å². The van der Waals surface area contributed by atoms with Crippen LogP contribution in [0.15, 0.2) is 218 Å². The van der Waals surface area contributed by atoms with E-state index in [0.717, 1.165) is 45.5 Å². The first kappa shape index (κ1) is 34.2. The highest BCUT2D eigenvalue weighted by molar-refractivity contribution is 5.89. The number of hydrogen-bond donors (Lipinski definition) is 4. The van der Waals surface area contributed by atoms with Gasteiger partial charge in [0.25, 0.3) is 0 Å². The molecule has 0 unspecified atom stereocenters. The van der Waals surface area contributed by atoms with Crippen molar-refractivity contribution in [3.63, 3.8) is 0 Å². The van der Waals surface area contributed by atoms with Crippen LogP contribution in [0.4, 0.5) is 45.5 Å². The largest absolute Gasteiger partial charge is 0.356 e. The molecule has 0 heterocycles. The van der Waals surface area contributed by atoms with Gasteiger partial charge in [0.15, 0.2) is 0 Å². The van der Waals surface area contributed by atoms with Crippen LogP contribution in [0.2, 0.25) is 0 Å². The van der Waals surface area contributed by atoms with Gasteiger partial charge in [-0.15, -0.1) is 0 Å². The first-order valence-electron chi connectivity index (χ1n) is 18.9. The molecule has 0 aliphatic rings. The molecule has 56 heavy (non-hydrogen) atoms. The van der Waals surface area contributed by atoms with E-state index in [9.17, 15) is 0 Å². The summed E-state index contributed by atoms with van der Waals surface area (Å²) in [5, 5.41) is 23.9. The molecule has 0 radical (unpaired) electrons. The lowest BCUT2D eigenvalue weighted by Crippen LogP contribution is -1.93. The zero-order valence-electron chi connectivity index (χ0n) is 30.8.